The second kappa shape index (κ2) is 8.88. The van der Waals surface area contributed by atoms with Crippen LogP contribution in [0.3, 0.4) is 0 Å². The molecule has 0 radical (unpaired) electrons. The summed E-state index contributed by atoms with van der Waals surface area (Å²) in [7, 11) is 0. The maximum atomic E-state index is 14.1. The van der Waals surface area contributed by atoms with Crippen LogP contribution in [0.5, 0.6) is 0 Å². The molecule has 0 bridgehead atoms. The number of aromatic nitrogens is 2. The summed E-state index contributed by atoms with van der Waals surface area (Å²) in [5.41, 5.74) is -0.365. The number of alkyl halides is 3. The van der Waals surface area contributed by atoms with Crippen LogP contribution in [-0.4, -0.2) is 21.9 Å². The Morgan fingerprint density at radius 2 is 1.85 bits per heavy atom. The summed E-state index contributed by atoms with van der Waals surface area (Å²) in [6.07, 6.45) is -5.07. The Kier molecular flexibility index (Phi) is 6.45. The zero-order valence-corrected chi connectivity index (χ0v) is 20.1. The predicted octanol–water partition coefficient (Wildman–Crippen LogP) is 7.25. The van der Waals surface area contributed by atoms with Crippen LogP contribution in [-0.2, 0) is 0 Å². The van der Waals surface area contributed by atoms with Gasteiger partial charge in [-0.1, -0.05) is 39.7 Å². The van der Waals surface area contributed by atoms with Gasteiger partial charge in [0.05, 0.1) is 11.7 Å². The van der Waals surface area contributed by atoms with Crippen LogP contribution < -0.4 is 10.6 Å². The first-order valence-electron chi connectivity index (χ1n) is 9.28. The average molecular weight is 615 g/mol. The van der Waals surface area contributed by atoms with Crippen molar-refractivity contribution in [3.05, 3.63) is 73.3 Å². The first-order valence-corrected chi connectivity index (χ1v) is 11.2. The second-order valence-corrected chi connectivity index (χ2v) is 9.34. The van der Waals surface area contributed by atoms with E-state index in [0.717, 1.165) is 10.5 Å². The third-order valence-electron chi connectivity index (χ3n) is 5.03. The lowest BCUT2D eigenvalue weighted by atomic mass is 9.97. The fourth-order valence-electron chi connectivity index (χ4n) is 3.48. The Morgan fingerprint density at radius 3 is 2.45 bits per heavy atom. The zero-order chi connectivity index (χ0) is 24.1. The van der Waals surface area contributed by atoms with Crippen LogP contribution in [0.1, 0.15) is 34.6 Å². The zero-order valence-electron chi connectivity index (χ0n) is 16.2. The SMILES string of the molecule is O=C(Nc1c(F)cc(F)cc1Br)c1nn2c(c1Cl)NC(c1ccc(Br)cc1)CC2C(F)(F)F. The van der Waals surface area contributed by atoms with Gasteiger partial charge in [-0.25, -0.2) is 13.5 Å². The van der Waals surface area contributed by atoms with E-state index in [1.165, 1.54) is 0 Å². The van der Waals surface area contributed by atoms with Crippen LogP contribution in [0.15, 0.2) is 45.3 Å². The number of benzene rings is 2. The maximum Gasteiger partial charge on any atom is 0.410 e. The third kappa shape index (κ3) is 4.73. The van der Waals surface area contributed by atoms with Crippen molar-refractivity contribution < 1.29 is 26.7 Å². The molecule has 2 N–H and O–H groups in total. The fourth-order valence-corrected chi connectivity index (χ4v) is 4.52. The highest BCUT2D eigenvalue weighted by atomic mass is 79.9. The minimum absolute atomic E-state index is 0.102. The Hall–Kier alpha value is -2.18. The van der Waals surface area contributed by atoms with E-state index in [4.69, 9.17) is 11.6 Å². The smallest absolute Gasteiger partial charge is 0.362 e. The molecule has 0 aliphatic carbocycles. The lowest BCUT2D eigenvalue weighted by Crippen LogP contribution is -2.35. The molecule has 13 heteroatoms. The Labute approximate surface area is 205 Å². The lowest BCUT2D eigenvalue weighted by Gasteiger charge is -2.33. The maximum absolute atomic E-state index is 14.1. The third-order valence-corrected chi connectivity index (χ3v) is 6.54. The molecule has 0 fully saturated rings. The number of halogens is 8. The van der Waals surface area contributed by atoms with Crippen molar-refractivity contribution in [2.45, 2.75) is 24.7 Å². The molecule has 4 rings (SSSR count). The number of carbonyl (C=O) groups is 1. The summed E-state index contributed by atoms with van der Waals surface area (Å²) in [5, 5.41) is 8.51. The number of carbonyl (C=O) groups excluding carboxylic acids is 1. The average Bonchev–Trinajstić information content (AvgIpc) is 3.06. The number of nitrogens with zero attached hydrogens (tertiary/aromatic N) is 2. The second-order valence-electron chi connectivity index (χ2n) is 7.20. The molecule has 1 aliphatic rings. The van der Waals surface area contributed by atoms with Crippen LogP contribution >= 0.6 is 43.5 Å². The van der Waals surface area contributed by atoms with E-state index in [9.17, 15) is 26.7 Å². The van der Waals surface area contributed by atoms with E-state index in [-0.39, 0.29) is 15.3 Å². The van der Waals surface area contributed by atoms with Gasteiger partial charge in [-0.15, -0.1) is 0 Å². The van der Waals surface area contributed by atoms with Crippen molar-refractivity contribution in [2.24, 2.45) is 0 Å². The Balaban J connectivity index is 1.72. The number of fused-ring (bicyclic) bond motifs is 1. The van der Waals surface area contributed by atoms with Gasteiger partial charge < -0.3 is 10.6 Å². The largest absolute Gasteiger partial charge is 0.410 e. The van der Waals surface area contributed by atoms with Gasteiger partial charge in [0.2, 0.25) is 0 Å². The minimum atomic E-state index is -4.68. The summed E-state index contributed by atoms with van der Waals surface area (Å²) in [4.78, 5) is 12.7. The molecule has 2 aromatic carbocycles. The molecule has 1 aliphatic heterocycles. The molecular formula is C20H12Br2ClF5N4O. The van der Waals surface area contributed by atoms with Crippen LogP contribution in [0, 0.1) is 11.6 Å². The molecule has 174 valence electrons. The predicted molar refractivity (Wildman–Crippen MR) is 119 cm³/mol. The number of nitrogens with one attached hydrogen (secondary N) is 2. The normalized spacial score (nSPS) is 17.9. The first kappa shape index (κ1) is 24.0. The van der Waals surface area contributed by atoms with Crippen molar-refractivity contribution in [2.75, 3.05) is 10.6 Å². The highest BCUT2D eigenvalue weighted by Gasteiger charge is 2.48. The van der Waals surface area contributed by atoms with Gasteiger partial charge in [0.25, 0.3) is 5.91 Å². The first-order chi connectivity index (χ1) is 15.5. The standard InChI is InChI=1S/C20H12Br2ClF5N4O/c21-9-3-1-8(2-4-9)13-7-14(20(26,27)28)32-18(29-13)15(23)17(31-32)19(33)30-16-11(22)5-10(24)6-12(16)25/h1-6,13-14,29H,7H2,(H,30,33). The summed E-state index contributed by atoms with van der Waals surface area (Å²) < 4.78 is 70.3. The molecule has 0 spiro atoms. The highest BCUT2D eigenvalue weighted by Crippen LogP contribution is 2.46. The number of amides is 1. The molecule has 1 amide bonds. The number of rotatable bonds is 3. The quantitative estimate of drug-likeness (QED) is 0.306. The molecule has 1 aromatic heterocycles. The molecule has 2 unspecified atom stereocenters. The topological polar surface area (TPSA) is 59.0 Å². The Morgan fingerprint density at radius 1 is 1.18 bits per heavy atom. The molecule has 33 heavy (non-hydrogen) atoms. The van der Waals surface area contributed by atoms with Crippen molar-refractivity contribution in [3.63, 3.8) is 0 Å². The molecule has 2 atom stereocenters. The van der Waals surface area contributed by atoms with E-state index in [1.807, 2.05) is 0 Å². The van der Waals surface area contributed by atoms with Crippen LogP contribution in [0.2, 0.25) is 5.02 Å². The van der Waals surface area contributed by atoms with Gasteiger partial charge in [-0.2, -0.15) is 18.3 Å². The molecule has 2 heterocycles. The molecule has 3 aromatic rings. The van der Waals surface area contributed by atoms with E-state index in [0.29, 0.717) is 16.3 Å². The lowest BCUT2D eigenvalue weighted by molar-refractivity contribution is -0.173. The highest BCUT2D eigenvalue weighted by molar-refractivity contribution is 9.10. The van der Waals surface area contributed by atoms with Gasteiger partial charge >= 0.3 is 6.18 Å². The monoisotopic (exact) mass is 612 g/mol. The van der Waals surface area contributed by atoms with E-state index in [2.05, 4.69) is 47.6 Å². The van der Waals surface area contributed by atoms with Crippen molar-refractivity contribution in [3.8, 4) is 0 Å². The van der Waals surface area contributed by atoms with Crippen molar-refractivity contribution in [1.29, 1.82) is 0 Å². The van der Waals surface area contributed by atoms with Gasteiger partial charge in [0.1, 0.15) is 16.7 Å². The number of hydrogen-bond donors (Lipinski definition) is 2. The van der Waals surface area contributed by atoms with Crippen LogP contribution in [0.4, 0.5) is 33.5 Å². The van der Waals surface area contributed by atoms with Crippen molar-refractivity contribution in [1.82, 2.24) is 9.78 Å². The summed E-state index contributed by atoms with van der Waals surface area (Å²) in [6.45, 7) is 0. The molecular weight excluding hydrogens is 602 g/mol. The van der Waals surface area contributed by atoms with E-state index < -0.39 is 53.6 Å². The van der Waals surface area contributed by atoms with Gasteiger partial charge in [0.15, 0.2) is 17.6 Å². The van der Waals surface area contributed by atoms with Gasteiger partial charge in [-0.05, 0) is 39.7 Å². The van der Waals surface area contributed by atoms with Gasteiger partial charge in [0, 0.05) is 21.4 Å². The molecule has 5 nitrogen and oxygen atoms in total. The number of anilines is 2. The van der Waals surface area contributed by atoms with Crippen LogP contribution in [0.25, 0.3) is 0 Å². The number of hydrogen-bond acceptors (Lipinski definition) is 3. The Bertz CT molecular complexity index is 1210. The molecule has 0 saturated carbocycles. The summed E-state index contributed by atoms with van der Waals surface area (Å²) in [6, 6.07) is 5.37. The summed E-state index contributed by atoms with van der Waals surface area (Å²) in [5.74, 6) is -3.22. The van der Waals surface area contributed by atoms with E-state index >= 15 is 0 Å². The summed E-state index contributed by atoms with van der Waals surface area (Å²) >= 11 is 12.5. The minimum Gasteiger partial charge on any atom is -0.362 e. The van der Waals surface area contributed by atoms with Crippen molar-refractivity contribution >= 4 is 60.9 Å². The molecule has 0 saturated heterocycles. The fraction of sp³-hybridized carbons (Fsp3) is 0.200. The van der Waals surface area contributed by atoms with Gasteiger partial charge in [-0.3, -0.25) is 4.79 Å². The van der Waals surface area contributed by atoms with E-state index in [1.54, 1.807) is 24.3 Å².